The Bertz CT molecular complexity index is 2160. The van der Waals surface area contributed by atoms with E-state index < -0.39 is 0 Å². The van der Waals surface area contributed by atoms with E-state index in [0.717, 1.165) is 64.4 Å². The molecule has 8 heteroatoms. The van der Waals surface area contributed by atoms with Gasteiger partial charge in [-0.3, -0.25) is 9.59 Å². The minimum atomic E-state index is -0.173. The number of carbonyl (C=O) groups excluding carboxylic acids is 2. The first-order chi connectivity index (χ1) is 23.4. The summed E-state index contributed by atoms with van der Waals surface area (Å²) in [5, 5.41) is 7.74. The SMILES string of the molecule is O=C(NCc1ccc(CNC(=O)c2cc(-c3cccc(Br)c3)nc3ccccc23)cc1)c1cc(-c2cccc(Br)c2)nc2ccccc12. The summed E-state index contributed by atoms with van der Waals surface area (Å²) in [6.45, 7) is 0.714. The van der Waals surface area contributed by atoms with E-state index in [0.29, 0.717) is 24.2 Å². The van der Waals surface area contributed by atoms with E-state index in [-0.39, 0.29) is 11.8 Å². The van der Waals surface area contributed by atoms with Gasteiger partial charge in [0.2, 0.25) is 0 Å². The third-order valence-electron chi connectivity index (χ3n) is 8.09. The van der Waals surface area contributed by atoms with Crippen LogP contribution in [0.4, 0.5) is 0 Å². The molecule has 0 bridgehead atoms. The van der Waals surface area contributed by atoms with Crippen LogP contribution in [0.25, 0.3) is 44.3 Å². The second-order valence-corrected chi connectivity index (χ2v) is 13.2. The molecule has 0 radical (unpaired) electrons. The normalized spacial score (nSPS) is 11.0. The van der Waals surface area contributed by atoms with E-state index in [1.807, 2.05) is 133 Å². The molecule has 0 unspecified atom stereocenters. The summed E-state index contributed by atoms with van der Waals surface area (Å²) in [7, 11) is 0. The molecular weight excluding hydrogens is 728 g/mol. The highest BCUT2D eigenvalue weighted by atomic mass is 79.9. The molecule has 0 spiro atoms. The number of nitrogens with zero attached hydrogens (tertiary/aromatic N) is 2. The van der Waals surface area contributed by atoms with Crippen LogP contribution in [0.1, 0.15) is 31.8 Å². The lowest BCUT2D eigenvalue weighted by Crippen LogP contribution is -2.24. The predicted octanol–water partition coefficient (Wildman–Crippen LogP) is 9.50. The number of benzene rings is 5. The molecule has 2 amide bonds. The number of pyridine rings is 2. The quantitative estimate of drug-likeness (QED) is 0.162. The third-order valence-corrected chi connectivity index (χ3v) is 9.08. The van der Waals surface area contributed by atoms with Crippen molar-refractivity contribution in [3.05, 3.63) is 165 Å². The van der Waals surface area contributed by atoms with Gasteiger partial charge < -0.3 is 10.6 Å². The topological polar surface area (TPSA) is 84.0 Å². The highest BCUT2D eigenvalue weighted by molar-refractivity contribution is 9.10. The van der Waals surface area contributed by atoms with Crippen molar-refractivity contribution in [3.63, 3.8) is 0 Å². The van der Waals surface area contributed by atoms with Crippen LogP contribution in [0, 0.1) is 0 Å². The van der Waals surface area contributed by atoms with Crippen molar-refractivity contribution in [3.8, 4) is 22.5 Å². The lowest BCUT2D eigenvalue weighted by Gasteiger charge is -2.12. The number of fused-ring (bicyclic) bond motifs is 2. The number of rotatable bonds is 8. The molecule has 0 aliphatic carbocycles. The van der Waals surface area contributed by atoms with Crippen molar-refractivity contribution in [1.82, 2.24) is 20.6 Å². The lowest BCUT2D eigenvalue weighted by molar-refractivity contribution is 0.0944. The fourth-order valence-electron chi connectivity index (χ4n) is 5.65. The van der Waals surface area contributed by atoms with Crippen molar-refractivity contribution < 1.29 is 9.59 Å². The van der Waals surface area contributed by atoms with Crippen molar-refractivity contribution in [2.24, 2.45) is 0 Å². The average Bonchev–Trinajstić information content (AvgIpc) is 3.12. The molecule has 234 valence electrons. The monoisotopic (exact) mass is 754 g/mol. The fraction of sp³-hybridized carbons (Fsp3) is 0.0500. The van der Waals surface area contributed by atoms with Crippen LogP contribution in [0.2, 0.25) is 0 Å². The molecule has 7 aromatic rings. The second-order valence-electron chi connectivity index (χ2n) is 11.3. The number of hydrogen-bond donors (Lipinski definition) is 2. The Morgan fingerprint density at radius 2 is 0.917 bits per heavy atom. The first-order valence-corrected chi connectivity index (χ1v) is 17.0. The highest BCUT2D eigenvalue weighted by Gasteiger charge is 2.16. The second kappa shape index (κ2) is 13.9. The molecule has 7 rings (SSSR count). The third kappa shape index (κ3) is 6.90. The number of halogens is 2. The maximum absolute atomic E-state index is 13.5. The number of carbonyl (C=O) groups is 2. The van der Waals surface area contributed by atoms with Crippen LogP contribution in [0.15, 0.2) is 142 Å². The van der Waals surface area contributed by atoms with Gasteiger partial charge in [0.15, 0.2) is 0 Å². The Labute approximate surface area is 294 Å². The van der Waals surface area contributed by atoms with Crippen molar-refractivity contribution in [2.75, 3.05) is 0 Å². The zero-order valence-electron chi connectivity index (χ0n) is 25.6. The van der Waals surface area contributed by atoms with Gasteiger partial charge in [0.05, 0.1) is 33.5 Å². The smallest absolute Gasteiger partial charge is 0.252 e. The summed E-state index contributed by atoms with van der Waals surface area (Å²) < 4.78 is 1.89. The van der Waals surface area contributed by atoms with Crippen molar-refractivity contribution >= 4 is 65.5 Å². The van der Waals surface area contributed by atoms with Gasteiger partial charge in [-0.2, -0.15) is 0 Å². The summed E-state index contributed by atoms with van der Waals surface area (Å²) in [5.41, 5.74) is 7.87. The average molecular weight is 756 g/mol. The fourth-order valence-corrected chi connectivity index (χ4v) is 6.45. The Kier molecular flexibility index (Phi) is 9.09. The van der Waals surface area contributed by atoms with E-state index >= 15 is 0 Å². The minimum Gasteiger partial charge on any atom is -0.348 e. The molecule has 0 atom stereocenters. The van der Waals surface area contributed by atoms with Gasteiger partial charge in [0, 0.05) is 43.9 Å². The Morgan fingerprint density at radius 1 is 0.500 bits per heavy atom. The van der Waals surface area contributed by atoms with Gasteiger partial charge in [0.1, 0.15) is 0 Å². The maximum Gasteiger partial charge on any atom is 0.252 e. The van der Waals surface area contributed by atoms with E-state index in [1.165, 1.54) is 0 Å². The molecule has 2 heterocycles. The van der Waals surface area contributed by atoms with Gasteiger partial charge in [-0.15, -0.1) is 0 Å². The number of amides is 2. The lowest BCUT2D eigenvalue weighted by atomic mass is 10.0. The number of aromatic nitrogens is 2. The van der Waals surface area contributed by atoms with Crippen LogP contribution in [-0.2, 0) is 13.1 Å². The summed E-state index contributed by atoms with van der Waals surface area (Å²) in [4.78, 5) is 36.6. The molecule has 0 aliphatic rings. The predicted molar refractivity (Wildman–Crippen MR) is 199 cm³/mol. The first-order valence-electron chi connectivity index (χ1n) is 15.4. The van der Waals surface area contributed by atoms with Crippen molar-refractivity contribution in [2.45, 2.75) is 13.1 Å². The standard InChI is InChI=1S/C40H28Br2N4O2/c41-29-9-5-7-27(19-29)37-21-33(31-11-1-3-13-35(31)45-37)39(47)43-23-25-15-17-26(18-16-25)24-44-40(48)34-22-38(28-8-6-10-30(42)20-28)46-36-14-4-2-12-32(34)36/h1-22H,23-24H2,(H,43,47)(H,44,48). The van der Waals surface area contributed by atoms with E-state index in [1.54, 1.807) is 0 Å². The van der Waals surface area contributed by atoms with Gasteiger partial charge >= 0.3 is 0 Å². The zero-order chi connectivity index (χ0) is 33.0. The molecule has 0 saturated heterocycles. The number of para-hydroxylation sites is 2. The summed E-state index contributed by atoms with van der Waals surface area (Å²) >= 11 is 7.06. The van der Waals surface area contributed by atoms with E-state index in [2.05, 4.69) is 42.5 Å². The van der Waals surface area contributed by atoms with Crippen LogP contribution in [-0.4, -0.2) is 21.8 Å². The molecule has 2 aromatic heterocycles. The molecular formula is C40H28Br2N4O2. The first kappa shape index (κ1) is 31.4. The molecule has 6 nitrogen and oxygen atoms in total. The van der Waals surface area contributed by atoms with Crippen molar-refractivity contribution in [1.29, 1.82) is 0 Å². The summed E-state index contributed by atoms with van der Waals surface area (Å²) in [5.74, 6) is -0.346. The van der Waals surface area contributed by atoms with E-state index in [9.17, 15) is 9.59 Å². The van der Waals surface area contributed by atoms with Gasteiger partial charge in [0.25, 0.3) is 11.8 Å². The summed E-state index contributed by atoms with van der Waals surface area (Å²) in [6.07, 6.45) is 0. The van der Waals surface area contributed by atoms with Gasteiger partial charge in [-0.1, -0.05) is 117 Å². The molecule has 48 heavy (non-hydrogen) atoms. The number of hydrogen-bond acceptors (Lipinski definition) is 4. The summed E-state index contributed by atoms with van der Waals surface area (Å²) in [6, 6.07) is 42.7. The van der Waals surface area contributed by atoms with Gasteiger partial charge in [-0.25, -0.2) is 9.97 Å². The molecule has 0 saturated carbocycles. The molecule has 0 fully saturated rings. The van der Waals surface area contributed by atoms with Crippen LogP contribution < -0.4 is 10.6 Å². The molecule has 5 aromatic carbocycles. The van der Waals surface area contributed by atoms with Crippen LogP contribution in [0.5, 0.6) is 0 Å². The zero-order valence-corrected chi connectivity index (χ0v) is 28.8. The Hall–Kier alpha value is -5.18. The number of nitrogens with one attached hydrogen (secondary N) is 2. The highest BCUT2D eigenvalue weighted by Crippen LogP contribution is 2.28. The van der Waals surface area contributed by atoms with Gasteiger partial charge in [-0.05, 0) is 59.7 Å². The Morgan fingerprint density at radius 3 is 1.33 bits per heavy atom. The minimum absolute atomic E-state index is 0.173. The Balaban J connectivity index is 1.04. The van der Waals surface area contributed by atoms with Crippen LogP contribution >= 0.6 is 31.9 Å². The van der Waals surface area contributed by atoms with E-state index in [4.69, 9.17) is 9.97 Å². The molecule has 2 N–H and O–H groups in total. The van der Waals surface area contributed by atoms with Crippen LogP contribution in [0.3, 0.4) is 0 Å². The largest absolute Gasteiger partial charge is 0.348 e. The maximum atomic E-state index is 13.5. The molecule has 0 aliphatic heterocycles.